The molecule has 1 atom stereocenters. The molecule has 0 amide bonds. The van der Waals surface area contributed by atoms with E-state index in [0.717, 1.165) is 29.7 Å². The van der Waals surface area contributed by atoms with Crippen LogP contribution in [0.4, 0.5) is 10.1 Å². The minimum absolute atomic E-state index is 0.141. The lowest BCUT2D eigenvalue weighted by molar-refractivity contribution is 0.324. The van der Waals surface area contributed by atoms with Crippen molar-refractivity contribution in [2.24, 2.45) is 0 Å². The Bertz CT molecular complexity index is 781. The van der Waals surface area contributed by atoms with Crippen LogP contribution < -0.4 is 5.32 Å². The predicted molar refractivity (Wildman–Crippen MR) is 107 cm³/mol. The first-order valence-corrected chi connectivity index (χ1v) is 9.27. The van der Waals surface area contributed by atoms with Crippen molar-refractivity contribution in [3.05, 3.63) is 63.9 Å². The summed E-state index contributed by atoms with van der Waals surface area (Å²) >= 11 is 12.1. The highest BCUT2D eigenvalue weighted by molar-refractivity contribution is 7.80. The van der Waals surface area contributed by atoms with Crippen molar-refractivity contribution in [3.63, 3.8) is 0 Å². The van der Waals surface area contributed by atoms with E-state index in [0.29, 0.717) is 21.7 Å². The second-order valence-corrected chi connectivity index (χ2v) is 7.50. The molecule has 1 fully saturated rings. The number of hydrogen-bond donors (Lipinski definition) is 1. The Morgan fingerprint density at radius 1 is 1.28 bits per heavy atom. The Hall–Kier alpha value is -1.65. The number of nitrogens with one attached hydrogen (secondary N) is 1. The Morgan fingerprint density at radius 3 is 2.56 bits per heavy atom. The minimum atomic E-state index is -0.201. The van der Waals surface area contributed by atoms with Crippen molar-refractivity contribution < 1.29 is 4.39 Å². The molecule has 2 nitrogen and oxygen atoms in total. The third kappa shape index (κ3) is 3.96. The van der Waals surface area contributed by atoms with Crippen molar-refractivity contribution in [1.82, 2.24) is 4.90 Å². The minimum Gasteiger partial charge on any atom is -0.339 e. The first-order chi connectivity index (χ1) is 11.9. The summed E-state index contributed by atoms with van der Waals surface area (Å²) in [5, 5.41) is 4.54. The predicted octanol–water partition coefficient (Wildman–Crippen LogP) is 6.02. The van der Waals surface area contributed by atoms with Gasteiger partial charge in [-0.1, -0.05) is 35.9 Å². The molecule has 3 rings (SSSR count). The highest BCUT2D eigenvalue weighted by Gasteiger charge is 2.35. The van der Waals surface area contributed by atoms with E-state index in [1.807, 2.05) is 39.0 Å². The van der Waals surface area contributed by atoms with Gasteiger partial charge >= 0.3 is 0 Å². The maximum absolute atomic E-state index is 14.2. The Balaban J connectivity index is 1.87. The molecular weight excluding hydrogens is 355 g/mol. The maximum atomic E-state index is 14.2. The second-order valence-electron chi connectivity index (χ2n) is 6.70. The van der Waals surface area contributed by atoms with Crippen LogP contribution in [0.2, 0.25) is 5.02 Å². The van der Waals surface area contributed by atoms with Gasteiger partial charge in [0.25, 0.3) is 0 Å². The van der Waals surface area contributed by atoms with E-state index < -0.39 is 0 Å². The molecule has 132 valence electrons. The number of benzene rings is 2. The van der Waals surface area contributed by atoms with Crippen LogP contribution in [0.3, 0.4) is 0 Å². The first-order valence-electron chi connectivity index (χ1n) is 8.49. The largest absolute Gasteiger partial charge is 0.339 e. The van der Waals surface area contributed by atoms with E-state index >= 15 is 0 Å². The van der Waals surface area contributed by atoms with Gasteiger partial charge < -0.3 is 10.2 Å². The summed E-state index contributed by atoms with van der Waals surface area (Å²) in [6, 6.07) is 11.1. The van der Waals surface area contributed by atoms with Crippen LogP contribution in [0.5, 0.6) is 0 Å². The van der Waals surface area contributed by atoms with Crippen LogP contribution in [0.1, 0.15) is 42.5 Å². The van der Waals surface area contributed by atoms with Crippen molar-refractivity contribution in [2.45, 2.75) is 45.7 Å². The van der Waals surface area contributed by atoms with Gasteiger partial charge in [-0.3, -0.25) is 0 Å². The molecule has 2 aromatic carbocycles. The van der Waals surface area contributed by atoms with Crippen molar-refractivity contribution in [2.75, 3.05) is 5.32 Å². The fourth-order valence-corrected chi connectivity index (χ4v) is 4.00. The van der Waals surface area contributed by atoms with Gasteiger partial charge in [0.2, 0.25) is 0 Å². The van der Waals surface area contributed by atoms with Crippen LogP contribution in [0, 0.1) is 19.7 Å². The molecule has 1 N–H and O–H groups in total. The van der Waals surface area contributed by atoms with E-state index in [-0.39, 0.29) is 11.9 Å². The molecule has 0 heterocycles. The average molecular weight is 377 g/mol. The highest BCUT2D eigenvalue weighted by Crippen LogP contribution is 2.36. The summed E-state index contributed by atoms with van der Waals surface area (Å²) in [5.74, 6) is -0.201. The van der Waals surface area contributed by atoms with Crippen molar-refractivity contribution >= 4 is 34.6 Å². The normalized spacial score (nSPS) is 14.9. The van der Waals surface area contributed by atoms with Crippen molar-refractivity contribution in [1.29, 1.82) is 0 Å². The number of aryl methyl sites for hydroxylation is 2. The lowest BCUT2D eigenvalue weighted by Crippen LogP contribution is -2.39. The number of anilines is 1. The van der Waals surface area contributed by atoms with E-state index in [2.05, 4.69) is 16.3 Å². The number of thiocarbonyl (C=S) groups is 1. The van der Waals surface area contributed by atoms with E-state index in [4.69, 9.17) is 23.8 Å². The van der Waals surface area contributed by atoms with E-state index in [9.17, 15) is 4.39 Å². The standard InChI is InChI=1S/C20H22ClFN2S/c1-12-10-13(2)19(17(21)11-12)23-20(25)24(15-8-9-15)14(3)16-6-4-5-7-18(16)22/h4-7,10-11,14-15H,8-9H2,1-3H3,(H,23,25). The molecule has 0 spiro atoms. The molecule has 0 radical (unpaired) electrons. The summed E-state index contributed by atoms with van der Waals surface area (Å²) in [6.45, 7) is 6.01. The molecule has 25 heavy (non-hydrogen) atoms. The number of nitrogens with zero attached hydrogens (tertiary/aromatic N) is 1. The lowest BCUT2D eigenvalue weighted by atomic mass is 10.1. The number of hydrogen-bond acceptors (Lipinski definition) is 1. The van der Waals surface area contributed by atoms with Gasteiger partial charge in [0.1, 0.15) is 5.82 Å². The zero-order valence-corrected chi connectivity index (χ0v) is 16.2. The van der Waals surface area contributed by atoms with Gasteiger partial charge in [-0.05, 0) is 69.1 Å². The summed E-state index contributed by atoms with van der Waals surface area (Å²) in [5.41, 5.74) is 3.63. The Morgan fingerprint density at radius 2 is 1.96 bits per heavy atom. The van der Waals surface area contributed by atoms with Crippen LogP contribution >= 0.6 is 23.8 Å². The monoisotopic (exact) mass is 376 g/mol. The third-order valence-electron chi connectivity index (χ3n) is 4.61. The molecule has 1 aliphatic carbocycles. The van der Waals surface area contributed by atoms with Crippen LogP contribution in [0.25, 0.3) is 0 Å². The van der Waals surface area contributed by atoms with Gasteiger partial charge in [-0.2, -0.15) is 0 Å². The molecule has 0 bridgehead atoms. The van der Waals surface area contributed by atoms with E-state index in [1.54, 1.807) is 6.07 Å². The number of halogens is 2. The summed E-state index contributed by atoms with van der Waals surface area (Å²) in [7, 11) is 0. The molecule has 1 unspecified atom stereocenters. The van der Waals surface area contributed by atoms with Crippen molar-refractivity contribution in [3.8, 4) is 0 Å². The van der Waals surface area contributed by atoms with Crippen LogP contribution in [0.15, 0.2) is 36.4 Å². The van der Waals surface area contributed by atoms with Gasteiger partial charge in [-0.25, -0.2) is 4.39 Å². The van der Waals surface area contributed by atoms with Crippen LogP contribution in [-0.2, 0) is 0 Å². The van der Waals surface area contributed by atoms with Gasteiger partial charge in [0.05, 0.1) is 16.8 Å². The van der Waals surface area contributed by atoms with E-state index in [1.165, 1.54) is 6.07 Å². The Labute approximate surface area is 159 Å². The quantitative estimate of drug-likeness (QED) is 0.657. The SMILES string of the molecule is Cc1cc(C)c(NC(=S)N(C2CC2)C(C)c2ccccc2F)c(Cl)c1. The number of rotatable bonds is 4. The smallest absolute Gasteiger partial charge is 0.174 e. The molecule has 5 heteroatoms. The van der Waals surface area contributed by atoms with Gasteiger partial charge in [-0.15, -0.1) is 0 Å². The third-order valence-corrected chi connectivity index (χ3v) is 5.22. The summed E-state index contributed by atoms with van der Waals surface area (Å²) < 4.78 is 14.2. The van der Waals surface area contributed by atoms with Gasteiger partial charge in [0, 0.05) is 11.6 Å². The second kappa shape index (κ2) is 7.30. The zero-order valence-electron chi connectivity index (χ0n) is 14.6. The molecule has 2 aromatic rings. The van der Waals surface area contributed by atoms with Gasteiger partial charge in [0.15, 0.2) is 5.11 Å². The summed E-state index contributed by atoms with van der Waals surface area (Å²) in [4.78, 5) is 2.10. The molecule has 1 aliphatic rings. The zero-order chi connectivity index (χ0) is 18.1. The molecule has 1 saturated carbocycles. The highest BCUT2D eigenvalue weighted by atomic mass is 35.5. The molecule has 0 aromatic heterocycles. The fourth-order valence-electron chi connectivity index (χ4n) is 3.22. The fraction of sp³-hybridized carbons (Fsp3) is 0.350. The topological polar surface area (TPSA) is 15.3 Å². The van der Waals surface area contributed by atoms with Crippen LogP contribution in [-0.4, -0.2) is 16.1 Å². The maximum Gasteiger partial charge on any atom is 0.174 e. The summed E-state index contributed by atoms with van der Waals surface area (Å²) in [6.07, 6.45) is 2.14. The molecular formula is C20H22ClFN2S. The molecule has 0 aliphatic heterocycles. The first kappa shape index (κ1) is 18.2. The lowest BCUT2D eigenvalue weighted by Gasteiger charge is -2.33. The average Bonchev–Trinajstić information content (AvgIpc) is 3.36. The Kier molecular flexibility index (Phi) is 5.30. The molecule has 0 saturated heterocycles.